The van der Waals surface area contributed by atoms with Crippen LogP contribution in [0.4, 0.5) is 0 Å². The van der Waals surface area contributed by atoms with Gasteiger partial charge in [0.2, 0.25) is 0 Å². The van der Waals surface area contributed by atoms with Gasteiger partial charge in [0.05, 0.1) is 6.26 Å². The van der Waals surface area contributed by atoms with Crippen molar-refractivity contribution in [1.82, 2.24) is 0 Å². The van der Waals surface area contributed by atoms with Crippen LogP contribution in [0.5, 0.6) is 0 Å². The van der Waals surface area contributed by atoms with Gasteiger partial charge in [-0.05, 0) is 0 Å². The Hall–Kier alpha value is 0.885. The number of phosphoric ester groups is 1. The number of hydrogen-bond donors (Lipinski definition) is 0. The zero-order chi connectivity index (χ0) is 5.91. The first-order chi connectivity index (χ1) is 3.06. The van der Waals surface area contributed by atoms with Crippen LogP contribution in [0.15, 0.2) is 12.8 Å². The normalized spacial score (nSPS) is 8.22. The smallest absolute Gasteiger partial charge is 0.780 e. The molecule has 0 aromatic heterocycles. The number of rotatable bonds is 2. The van der Waals surface area contributed by atoms with Crippen LogP contribution in [0.2, 0.25) is 0 Å². The van der Waals surface area contributed by atoms with Crippen molar-refractivity contribution in [2.45, 2.75) is 0 Å². The summed E-state index contributed by atoms with van der Waals surface area (Å²) in [5, 5.41) is 0. The molecule has 0 N–H and O–H groups in total. The molecule has 0 atom stereocenters. The van der Waals surface area contributed by atoms with Crippen molar-refractivity contribution in [2.75, 3.05) is 0 Å². The molecule has 7 heteroatoms. The predicted octanol–water partition coefficient (Wildman–Crippen LogP) is -7.02. The van der Waals surface area contributed by atoms with E-state index in [1.54, 1.807) is 0 Å². The molecule has 0 heterocycles. The minimum absolute atomic E-state index is 0. The molecule has 0 saturated heterocycles. The monoisotopic (exact) mass is 136 g/mol. The van der Waals surface area contributed by atoms with Crippen LogP contribution in [0.25, 0.3) is 0 Å². The van der Waals surface area contributed by atoms with E-state index in [4.69, 9.17) is 0 Å². The molecule has 0 bridgehead atoms. The van der Waals surface area contributed by atoms with E-state index in [0.29, 0.717) is 6.26 Å². The Balaban J connectivity index is -0.000000180. The van der Waals surface area contributed by atoms with Gasteiger partial charge in [0.15, 0.2) is 0 Å². The van der Waals surface area contributed by atoms with Crippen molar-refractivity contribution in [1.29, 1.82) is 0 Å². The van der Waals surface area contributed by atoms with E-state index < -0.39 is 7.82 Å². The van der Waals surface area contributed by atoms with Crippen LogP contribution < -0.4 is 47.5 Å². The summed E-state index contributed by atoms with van der Waals surface area (Å²) in [6.45, 7) is 2.85. The average molecular weight is 136 g/mol. The van der Waals surface area contributed by atoms with E-state index >= 15 is 0 Å². The second kappa shape index (κ2) is 7.00. The van der Waals surface area contributed by atoms with Gasteiger partial charge in [-0.2, -0.15) is 0 Å². The predicted molar refractivity (Wildman–Crippen MR) is 18.9 cm³/mol. The van der Waals surface area contributed by atoms with E-state index in [9.17, 15) is 14.4 Å². The summed E-state index contributed by atoms with van der Waals surface area (Å²) in [4.78, 5) is 18.8. The molecule has 0 amide bonds. The van der Waals surface area contributed by atoms with E-state index in [0.717, 1.165) is 0 Å². The van der Waals surface area contributed by atoms with Crippen molar-refractivity contribution in [3.8, 4) is 0 Å². The summed E-state index contributed by atoms with van der Waals surface area (Å²) >= 11 is 0. The van der Waals surface area contributed by atoms with Gasteiger partial charge in [-0.25, -0.2) is 0 Å². The maximum Gasteiger partial charge on any atom is 1.00 e. The third kappa shape index (κ3) is 17.6. The Labute approximate surface area is 77.3 Å². The Morgan fingerprint density at radius 1 is 1.44 bits per heavy atom. The standard InChI is InChI=1S/C2H5O4P.2Li/c1-2-6-7(3,4)5;;/h2H,1H2,(H2,3,4,5);;/q;2*+1/p-2. The third-order valence-electron chi connectivity index (χ3n) is 0.204. The summed E-state index contributed by atoms with van der Waals surface area (Å²) in [5.41, 5.74) is 0. The Morgan fingerprint density at radius 3 is 1.78 bits per heavy atom. The maximum absolute atomic E-state index is 9.41. The summed E-state index contributed by atoms with van der Waals surface area (Å²) in [6.07, 6.45) is 0.570. The zero-order valence-corrected chi connectivity index (χ0v) is 6.26. The maximum atomic E-state index is 9.41. The molecule has 0 aromatic carbocycles. The van der Waals surface area contributed by atoms with Gasteiger partial charge in [0.25, 0.3) is 0 Å². The molecule has 0 aromatic rings. The molecular formula is C2H3Li2O4P. The summed E-state index contributed by atoms with van der Waals surface area (Å²) in [6, 6.07) is 0. The van der Waals surface area contributed by atoms with Gasteiger partial charge in [-0.3, -0.25) is 0 Å². The molecule has 0 unspecified atom stereocenters. The summed E-state index contributed by atoms with van der Waals surface area (Å²) in [7, 11) is -4.78. The fourth-order valence-corrected chi connectivity index (χ4v) is 0.274. The Kier molecular flexibility index (Phi) is 12.8. The summed E-state index contributed by atoms with van der Waals surface area (Å²) in [5.74, 6) is 0. The molecule has 0 saturated carbocycles. The SMILES string of the molecule is C=COP(=O)([O-])[O-].[Li+].[Li+]. The van der Waals surface area contributed by atoms with Crippen molar-refractivity contribution in [3.63, 3.8) is 0 Å². The van der Waals surface area contributed by atoms with Gasteiger partial charge in [0.1, 0.15) is 7.82 Å². The van der Waals surface area contributed by atoms with Crippen molar-refractivity contribution in [2.24, 2.45) is 0 Å². The molecule has 0 aliphatic heterocycles. The minimum atomic E-state index is -4.78. The van der Waals surface area contributed by atoms with Crippen molar-refractivity contribution in [3.05, 3.63) is 12.8 Å². The first-order valence-electron chi connectivity index (χ1n) is 1.37. The number of hydrogen-bond acceptors (Lipinski definition) is 4. The van der Waals surface area contributed by atoms with E-state index in [1.165, 1.54) is 0 Å². The van der Waals surface area contributed by atoms with E-state index in [2.05, 4.69) is 11.1 Å². The summed E-state index contributed by atoms with van der Waals surface area (Å²) < 4.78 is 12.8. The molecule has 4 nitrogen and oxygen atoms in total. The van der Waals surface area contributed by atoms with Gasteiger partial charge in [0, 0.05) is 0 Å². The molecule has 0 aliphatic carbocycles. The number of phosphoric acid groups is 1. The Bertz CT molecular complexity index is 109. The third-order valence-corrected chi connectivity index (χ3v) is 0.611. The van der Waals surface area contributed by atoms with Gasteiger partial charge < -0.3 is 18.9 Å². The minimum Gasteiger partial charge on any atom is -0.780 e. The second-order valence-electron chi connectivity index (χ2n) is 0.719. The van der Waals surface area contributed by atoms with Gasteiger partial charge in [-0.1, -0.05) is 6.58 Å². The largest absolute Gasteiger partial charge is 1.00 e. The average Bonchev–Trinajstić information content (AvgIpc) is 1.30. The first kappa shape index (κ1) is 16.5. The molecule has 9 heavy (non-hydrogen) atoms. The molecule has 0 aliphatic rings. The first-order valence-corrected chi connectivity index (χ1v) is 2.83. The molecule has 0 fully saturated rings. The van der Waals surface area contributed by atoms with Crippen LogP contribution in [-0.4, -0.2) is 0 Å². The van der Waals surface area contributed by atoms with Crippen LogP contribution in [0, 0.1) is 0 Å². The van der Waals surface area contributed by atoms with E-state index in [1.807, 2.05) is 0 Å². The molecular weight excluding hydrogens is 133 g/mol. The molecule has 0 radical (unpaired) electrons. The quantitative estimate of drug-likeness (QED) is 0.215. The zero-order valence-electron chi connectivity index (χ0n) is 5.36. The topological polar surface area (TPSA) is 72.4 Å². The van der Waals surface area contributed by atoms with E-state index in [-0.39, 0.29) is 37.7 Å². The second-order valence-corrected chi connectivity index (χ2v) is 1.82. The van der Waals surface area contributed by atoms with Crippen LogP contribution in [0.1, 0.15) is 0 Å². The van der Waals surface area contributed by atoms with Crippen molar-refractivity contribution >= 4 is 7.82 Å². The van der Waals surface area contributed by atoms with Crippen LogP contribution in [-0.2, 0) is 9.09 Å². The van der Waals surface area contributed by atoms with Gasteiger partial charge >= 0.3 is 37.7 Å². The fourth-order valence-electron chi connectivity index (χ4n) is 0.0913. The van der Waals surface area contributed by atoms with Crippen LogP contribution in [0.3, 0.4) is 0 Å². The van der Waals surface area contributed by atoms with Gasteiger partial charge in [-0.15, -0.1) is 0 Å². The van der Waals surface area contributed by atoms with Crippen LogP contribution >= 0.6 is 7.82 Å². The Morgan fingerprint density at radius 2 is 1.78 bits per heavy atom. The fraction of sp³-hybridized carbons (Fsp3) is 0. The molecule has 42 valence electrons. The molecule has 0 rings (SSSR count). The molecule has 0 spiro atoms. The van der Waals surface area contributed by atoms with Crippen molar-refractivity contribution < 1.29 is 56.6 Å².